The van der Waals surface area contributed by atoms with Gasteiger partial charge in [-0.1, -0.05) is 6.42 Å². The number of nitrogens with one attached hydrogen (secondary N) is 2. The number of imidazole rings is 1. The zero-order chi connectivity index (χ0) is 11.9. The van der Waals surface area contributed by atoms with Gasteiger partial charge in [-0.05, 0) is 32.7 Å². The Labute approximate surface area is 104 Å². The Balaban J connectivity index is 1.58. The molecule has 1 aromatic heterocycles. The SMILES string of the molecule is CC(CC1CCCCN1)NCCn1ccnc1. The lowest BCUT2D eigenvalue weighted by atomic mass is 9.99. The third-order valence-electron chi connectivity index (χ3n) is 3.47. The highest BCUT2D eigenvalue weighted by atomic mass is 15.0. The molecule has 4 heteroatoms. The summed E-state index contributed by atoms with van der Waals surface area (Å²) >= 11 is 0. The highest BCUT2D eigenvalue weighted by molar-refractivity contribution is 4.78. The summed E-state index contributed by atoms with van der Waals surface area (Å²) in [5, 5.41) is 7.18. The van der Waals surface area contributed by atoms with E-state index in [0.717, 1.165) is 19.1 Å². The molecule has 0 spiro atoms. The van der Waals surface area contributed by atoms with Gasteiger partial charge in [-0.15, -0.1) is 0 Å². The normalized spacial score (nSPS) is 22.5. The van der Waals surface area contributed by atoms with Gasteiger partial charge in [-0.25, -0.2) is 4.98 Å². The van der Waals surface area contributed by atoms with E-state index in [9.17, 15) is 0 Å². The zero-order valence-electron chi connectivity index (χ0n) is 10.7. The van der Waals surface area contributed by atoms with Crippen LogP contribution >= 0.6 is 0 Å². The number of rotatable bonds is 6. The standard InChI is InChI=1S/C13H24N4/c1-12(10-13-4-2-3-5-16-13)15-7-9-17-8-6-14-11-17/h6,8,11-13,15-16H,2-5,7,9-10H2,1H3. The highest BCUT2D eigenvalue weighted by Crippen LogP contribution is 2.11. The first-order chi connectivity index (χ1) is 8.34. The maximum Gasteiger partial charge on any atom is 0.0946 e. The van der Waals surface area contributed by atoms with Gasteiger partial charge >= 0.3 is 0 Å². The Kier molecular flexibility index (Phi) is 5.01. The lowest BCUT2D eigenvalue weighted by Crippen LogP contribution is -2.40. The van der Waals surface area contributed by atoms with Gasteiger partial charge in [0.1, 0.15) is 0 Å². The summed E-state index contributed by atoms with van der Waals surface area (Å²) in [6, 6.07) is 1.31. The number of hydrogen-bond acceptors (Lipinski definition) is 3. The van der Waals surface area contributed by atoms with Gasteiger partial charge in [-0.2, -0.15) is 0 Å². The first-order valence-electron chi connectivity index (χ1n) is 6.77. The van der Waals surface area contributed by atoms with Gasteiger partial charge in [0.05, 0.1) is 6.33 Å². The quantitative estimate of drug-likeness (QED) is 0.784. The average Bonchev–Trinajstić information content (AvgIpc) is 2.83. The van der Waals surface area contributed by atoms with Crippen molar-refractivity contribution >= 4 is 0 Å². The predicted octanol–water partition coefficient (Wildman–Crippen LogP) is 1.39. The third kappa shape index (κ3) is 4.48. The summed E-state index contributed by atoms with van der Waals surface area (Å²) in [6.07, 6.45) is 11.0. The van der Waals surface area contributed by atoms with Crippen molar-refractivity contribution in [3.8, 4) is 0 Å². The van der Waals surface area contributed by atoms with E-state index < -0.39 is 0 Å². The van der Waals surface area contributed by atoms with E-state index in [0.29, 0.717) is 6.04 Å². The Morgan fingerprint density at radius 1 is 1.53 bits per heavy atom. The van der Waals surface area contributed by atoms with Crippen molar-refractivity contribution in [2.45, 2.75) is 51.2 Å². The molecule has 0 aliphatic carbocycles. The van der Waals surface area contributed by atoms with Gasteiger partial charge < -0.3 is 15.2 Å². The average molecular weight is 236 g/mol. The molecule has 1 saturated heterocycles. The van der Waals surface area contributed by atoms with Crippen LogP contribution in [0.2, 0.25) is 0 Å². The van der Waals surface area contributed by atoms with E-state index in [2.05, 4.69) is 27.1 Å². The van der Waals surface area contributed by atoms with Crippen molar-refractivity contribution in [2.24, 2.45) is 0 Å². The largest absolute Gasteiger partial charge is 0.336 e. The molecule has 4 nitrogen and oxygen atoms in total. The van der Waals surface area contributed by atoms with Crippen LogP contribution in [0, 0.1) is 0 Å². The maximum atomic E-state index is 4.04. The molecule has 0 bridgehead atoms. The lowest BCUT2D eigenvalue weighted by Gasteiger charge is -2.26. The van der Waals surface area contributed by atoms with Crippen LogP contribution in [-0.4, -0.2) is 34.7 Å². The van der Waals surface area contributed by atoms with Crippen LogP contribution < -0.4 is 10.6 Å². The smallest absolute Gasteiger partial charge is 0.0946 e. The van der Waals surface area contributed by atoms with Crippen LogP contribution in [0.1, 0.15) is 32.6 Å². The van der Waals surface area contributed by atoms with Crippen molar-refractivity contribution in [3.05, 3.63) is 18.7 Å². The first-order valence-corrected chi connectivity index (χ1v) is 6.77. The molecule has 0 amide bonds. The molecule has 96 valence electrons. The summed E-state index contributed by atoms with van der Waals surface area (Å²) < 4.78 is 2.11. The van der Waals surface area contributed by atoms with Crippen molar-refractivity contribution in [1.29, 1.82) is 0 Å². The lowest BCUT2D eigenvalue weighted by molar-refractivity contribution is 0.343. The molecule has 2 atom stereocenters. The zero-order valence-corrected chi connectivity index (χ0v) is 10.7. The maximum absolute atomic E-state index is 4.04. The molecule has 2 unspecified atom stereocenters. The van der Waals surface area contributed by atoms with Crippen LogP contribution in [0.25, 0.3) is 0 Å². The highest BCUT2D eigenvalue weighted by Gasteiger charge is 2.15. The Bertz CT molecular complexity index is 290. The van der Waals surface area contributed by atoms with Crippen LogP contribution in [0.3, 0.4) is 0 Å². The Morgan fingerprint density at radius 2 is 2.47 bits per heavy atom. The molecule has 1 aromatic rings. The number of nitrogens with zero attached hydrogens (tertiary/aromatic N) is 2. The van der Waals surface area contributed by atoms with Crippen LogP contribution in [0.15, 0.2) is 18.7 Å². The predicted molar refractivity (Wildman–Crippen MR) is 70.0 cm³/mol. The summed E-state index contributed by atoms with van der Waals surface area (Å²) in [5.41, 5.74) is 0. The second-order valence-corrected chi connectivity index (χ2v) is 5.04. The third-order valence-corrected chi connectivity index (χ3v) is 3.47. The summed E-state index contributed by atoms with van der Waals surface area (Å²) in [4.78, 5) is 4.04. The number of aromatic nitrogens is 2. The summed E-state index contributed by atoms with van der Waals surface area (Å²) in [6.45, 7) is 5.50. The van der Waals surface area contributed by atoms with Crippen LogP contribution in [0.5, 0.6) is 0 Å². The van der Waals surface area contributed by atoms with Gasteiger partial charge in [0, 0.05) is 37.6 Å². The summed E-state index contributed by atoms with van der Waals surface area (Å²) in [7, 11) is 0. The molecule has 17 heavy (non-hydrogen) atoms. The fraction of sp³-hybridized carbons (Fsp3) is 0.769. The Hall–Kier alpha value is -0.870. The molecule has 0 aromatic carbocycles. The van der Waals surface area contributed by atoms with E-state index in [4.69, 9.17) is 0 Å². The summed E-state index contributed by atoms with van der Waals surface area (Å²) in [5.74, 6) is 0. The van der Waals surface area contributed by atoms with Crippen LogP contribution in [-0.2, 0) is 6.54 Å². The minimum atomic E-state index is 0.592. The van der Waals surface area contributed by atoms with E-state index >= 15 is 0 Å². The fourth-order valence-corrected chi connectivity index (χ4v) is 2.49. The van der Waals surface area contributed by atoms with Gasteiger partial charge in [0.15, 0.2) is 0 Å². The second-order valence-electron chi connectivity index (χ2n) is 5.04. The molecule has 2 N–H and O–H groups in total. The van der Waals surface area contributed by atoms with Crippen LogP contribution in [0.4, 0.5) is 0 Å². The molecular weight excluding hydrogens is 212 g/mol. The molecule has 0 saturated carbocycles. The van der Waals surface area contributed by atoms with Crippen molar-refractivity contribution < 1.29 is 0 Å². The molecule has 1 fully saturated rings. The monoisotopic (exact) mass is 236 g/mol. The Morgan fingerprint density at radius 3 is 3.18 bits per heavy atom. The van der Waals surface area contributed by atoms with Gasteiger partial charge in [0.25, 0.3) is 0 Å². The van der Waals surface area contributed by atoms with E-state index in [1.807, 2.05) is 18.7 Å². The van der Waals surface area contributed by atoms with Crippen molar-refractivity contribution in [2.75, 3.05) is 13.1 Å². The molecule has 2 heterocycles. The van der Waals surface area contributed by atoms with Gasteiger partial charge in [-0.3, -0.25) is 0 Å². The molecular formula is C13H24N4. The first kappa shape index (κ1) is 12.6. The topological polar surface area (TPSA) is 41.9 Å². The number of piperidine rings is 1. The second kappa shape index (κ2) is 6.77. The van der Waals surface area contributed by atoms with E-state index in [-0.39, 0.29) is 0 Å². The molecule has 2 rings (SSSR count). The minimum absolute atomic E-state index is 0.592. The molecule has 0 radical (unpaired) electrons. The number of hydrogen-bond donors (Lipinski definition) is 2. The van der Waals surface area contributed by atoms with Crippen molar-refractivity contribution in [1.82, 2.24) is 20.2 Å². The molecule has 1 aliphatic rings. The molecule has 1 aliphatic heterocycles. The van der Waals surface area contributed by atoms with E-state index in [1.54, 1.807) is 0 Å². The fourth-order valence-electron chi connectivity index (χ4n) is 2.49. The van der Waals surface area contributed by atoms with Crippen molar-refractivity contribution in [3.63, 3.8) is 0 Å². The van der Waals surface area contributed by atoms with E-state index in [1.165, 1.54) is 32.2 Å². The van der Waals surface area contributed by atoms with Gasteiger partial charge in [0.2, 0.25) is 0 Å². The minimum Gasteiger partial charge on any atom is -0.336 e.